The number of likely N-dealkylation sites (tertiary alicyclic amines) is 2. The maximum absolute atomic E-state index is 12.2. The Hall–Kier alpha value is -1.82. The lowest BCUT2D eigenvalue weighted by Crippen LogP contribution is -2.54. The lowest BCUT2D eigenvalue weighted by atomic mass is 9.73. The summed E-state index contributed by atoms with van der Waals surface area (Å²) in [5, 5.41) is 0. The first-order chi connectivity index (χ1) is 12.1. The third kappa shape index (κ3) is 3.45. The van der Waals surface area contributed by atoms with Crippen LogP contribution in [0.2, 0.25) is 0 Å². The standard InChI is InChI=1S/C19H26N2O4/c1-24-17-11-25-15(9-16(17)22)10-20-8-2-6-19(12-20)7-5-18(23)21(13-19)14-3-4-14/h9,11,14H,2-8,10,12-13H2,1H3/t19-/m1/s1. The largest absolute Gasteiger partial charge is 0.490 e. The second kappa shape index (κ2) is 6.48. The molecule has 1 amide bonds. The number of amides is 1. The first-order valence-electron chi connectivity index (χ1n) is 9.26. The van der Waals surface area contributed by atoms with Gasteiger partial charge in [0, 0.05) is 37.0 Å². The first-order valence-corrected chi connectivity index (χ1v) is 9.26. The average molecular weight is 346 g/mol. The van der Waals surface area contributed by atoms with Gasteiger partial charge in [-0.15, -0.1) is 0 Å². The van der Waals surface area contributed by atoms with E-state index < -0.39 is 0 Å². The van der Waals surface area contributed by atoms with Crippen molar-refractivity contribution in [1.82, 2.24) is 9.80 Å². The fourth-order valence-corrected chi connectivity index (χ4v) is 4.43. The van der Waals surface area contributed by atoms with Crippen LogP contribution in [0.4, 0.5) is 0 Å². The fraction of sp³-hybridized carbons (Fsp3) is 0.684. The topological polar surface area (TPSA) is 63.0 Å². The number of methoxy groups -OCH3 is 1. The van der Waals surface area contributed by atoms with Gasteiger partial charge in [-0.05, 0) is 38.6 Å². The van der Waals surface area contributed by atoms with Gasteiger partial charge in [0.05, 0.1) is 13.7 Å². The van der Waals surface area contributed by atoms with Gasteiger partial charge >= 0.3 is 0 Å². The summed E-state index contributed by atoms with van der Waals surface area (Å²) in [7, 11) is 1.47. The number of hydrogen-bond acceptors (Lipinski definition) is 5. The highest BCUT2D eigenvalue weighted by atomic mass is 16.5. The molecule has 3 heterocycles. The van der Waals surface area contributed by atoms with Gasteiger partial charge in [0.2, 0.25) is 17.1 Å². The molecule has 0 N–H and O–H groups in total. The number of hydrogen-bond donors (Lipinski definition) is 0. The maximum Gasteiger partial charge on any atom is 0.227 e. The van der Waals surface area contributed by atoms with E-state index in [0.717, 1.165) is 32.5 Å². The molecule has 25 heavy (non-hydrogen) atoms. The predicted molar refractivity (Wildman–Crippen MR) is 92.4 cm³/mol. The Bertz CT molecular complexity index is 712. The van der Waals surface area contributed by atoms with E-state index in [1.807, 2.05) is 0 Å². The van der Waals surface area contributed by atoms with Crippen molar-refractivity contribution < 1.29 is 13.9 Å². The van der Waals surface area contributed by atoms with Crippen LogP contribution >= 0.6 is 0 Å². The molecule has 1 spiro atoms. The summed E-state index contributed by atoms with van der Waals surface area (Å²) >= 11 is 0. The molecular weight excluding hydrogens is 320 g/mol. The normalized spacial score (nSPS) is 27.7. The van der Waals surface area contributed by atoms with Crippen LogP contribution in [0, 0.1) is 5.41 Å². The van der Waals surface area contributed by atoms with Gasteiger partial charge in [-0.2, -0.15) is 0 Å². The maximum atomic E-state index is 12.2. The van der Waals surface area contributed by atoms with E-state index in [4.69, 9.17) is 9.15 Å². The summed E-state index contributed by atoms with van der Waals surface area (Å²) in [6.07, 6.45) is 7.72. The lowest BCUT2D eigenvalue weighted by Gasteiger charge is -2.48. The molecular formula is C19H26N2O4. The highest BCUT2D eigenvalue weighted by Crippen LogP contribution is 2.42. The van der Waals surface area contributed by atoms with E-state index in [2.05, 4.69) is 9.80 Å². The van der Waals surface area contributed by atoms with Crippen LogP contribution in [0.1, 0.15) is 44.3 Å². The Labute approximate surface area is 147 Å². The van der Waals surface area contributed by atoms with Crippen molar-refractivity contribution in [1.29, 1.82) is 0 Å². The van der Waals surface area contributed by atoms with E-state index in [0.29, 0.717) is 30.7 Å². The monoisotopic (exact) mass is 346 g/mol. The summed E-state index contributed by atoms with van der Waals surface area (Å²) in [6, 6.07) is 2.03. The second-order valence-electron chi connectivity index (χ2n) is 7.85. The van der Waals surface area contributed by atoms with Crippen LogP contribution < -0.4 is 10.2 Å². The van der Waals surface area contributed by atoms with Crippen LogP contribution in [-0.2, 0) is 11.3 Å². The van der Waals surface area contributed by atoms with Gasteiger partial charge in [0.1, 0.15) is 12.0 Å². The Balaban J connectivity index is 1.44. The quantitative estimate of drug-likeness (QED) is 0.835. The van der Waals surface area contributed by atoms with Crippen LogP contribution in [0.5, 0.6) is 5.75 Å². The summed E-state index contributed by atoms with van der Waals surface area (Å²) in [5.41, 5.74) is 0.0697. The minimum atomic E-state index is -0.140. The van der Waals surface area contributed by atoms with Crippen molar-refractivity contribution >= 4 is 5.91 Å². The van der Waals surface area contributed by atoms with E-state index >= 15 is 0 Å². The minimum Gasteiger partial charge on any atom is -0.490 e. The number of ether oxygens (including phenoxy) is 1. The molecule has 0 bridgehead atoms. The highest BCUT2D eigenvalue weighted by Gasteiger charge is 2.45. The van der Waals surface area contributed by atoms with Crippen LogP contribution in [0.15, 0.2) is 21.5 Å². The van der Waals surface area contributed by atoms with Gasteiger partial charge in [-0.25, -0.2) is 0 Å². The molecule has 2 aliphatic heterocycles. The third-order valence-corrected chi connectivity index (χ3v) is 5.88. The number of carbonyl (C=O) groups is 1. The molecule has 1 saturated carbocycles. The van der Waals surface area contributed by atoms with Crippen LogP contribution in [-0.4, -0.2) is 48.5 Å². The molecule has 4 rings (SSSR count). The van der Waals surface area contributed by atoms with E-state index in [1.54, 1.807) is 0 Å². The lowest BCUT2D eigenvalue weighted by molar-refractivity contribution is -0.140. The molecule has 0 radical (unpaired) electrons. The Morgan fingerprint density at radius 1 is 1.28 bits per heavy atom. The van der Waals surface area contributed by atoms with E-state index in [-0.39, 0.29) is 16.6 Å². The molecule has 1 aromatic heterocycles. The molecule has 1 atom stereocenters. The van der Waals surface area contributed by atoms with Gasteiger partial charge in [0.15, 0.2) is 0 Å². The minimum absolute atomic E-state index is 0.140. The van der Waals surface area contributed by atoms with Gasteiger partial charge < -0.3 is 14.1 Å². The Kier molecular flexibility index (Phi) is 4.31. The SMILES string of the molecule is COc1coc(CN2CCC[C@@]3(CCC(=O)N(C4CC4)C3)C2)cc1=O. The summed E-state index contributed by atoms with van der Waals surface area (Å²) in [4.78, 5) is 28.7. The predicted octanol–water partition coefficient (Wildman–Crippen LogP) is 2.02. The zero-order chi connectivity index (χ0) is 17.4. The number of carbonyl (C=O) groups excluding carboxylic acids is 1. The van der Waals surface area contributed by atoms with Crippen molar-refractivity contribution in [2.75, 3.05) is 26.7 Å². The Morgan fingerprint density at radius 2 is 2.12 bits per heavy atom. The average Bonchev–Trinajstić information content (AvgIpc) is 3.43. The molecule has 1 aliphatic carbocycles. The smallest absolute Gasteiger partial charge is 0.227 e. The second-order valence-corrected chi connectivity index (χ2v) is 7.85. The van der Waals surface area contributed by atoms with Crippen molar-refractivity contribution in [3.63, 3.8) is 0 Å². The molecule has 0 unspecified atom stereocenters. The molecule has 3 aliphatic rings. The third-order valence-electron chi connectivity index (χ3n) is 5.88. The molecule has 1 aromatic rings. The molecule has 2 saturated heterocycles. The van der Waals surface area contributed by atoms with Crippen molar-refractivity contribution in [2.45, 2.75) is 51.1 Å². The first kappa shape index (κ1) is 16.6. The van der Waals surface area contributed by atoms with Crippen molar-refractivity contribution in [2.24, 2.45) is 5.41 Å². The van der Waals surface area contributed by atoms with E-state index in [1.165, 1.54) is 38.7 Å². The van der Waals surface area contributed by atoms with Gasteiger partial charge in [0.25, 0.3) is 0 Å². The number of rotatable bonds is 4. The summed E-state index contributed by atoms with van der Waals surface area (Å²) in [6.45, 7) is 3.52. The van der Waals surface area contributed by atoms with Crippen molar-refractivity contribution in [3.8, 4) is 5.75 Å². The van der Waals surface area contributed by atoms with Crippen LogP contribution in [0.3, 0.4) is 0 Å². The van der Waals surface area contributed by atoms with E-state index in [9.17, 15) is 9.59 Å². The van der Waals surface area contributed by atoms with Crippen molar-refractivity contribution in [3.05, 3.63) is 28.3 Å². The Morgan fingerprint density at radius 3 is 2.84 bits per heavy atom. The molecule has 3 fully saturated rings. The molecule has 136 valence electrons. The molecule has 0 aromatic carbocycles. The zero-order valence-electron chi connectivity index (χ0n) is 14.8. The fourth-order valence-electron chi connectivity index (χ4n) is 4.43. The van der Waals surface area contributed by atoms with Gasteiger partial charge in [-0.1, -0.05) is 0 Å². The number of piperidine rings is 2. The summed E-state index contributed by atoms with van der Waals surface area (Å²) < 4.78 is 10.5. The molecule has 6 nitrogen and oxygen atoms in total. The summed E-state index contributed by atoms with van der Waals surface area (Å²) in [5.74, 6) is 1.25. The number of nitrogens with zero attached hydrogens (tertiary/aromatic N) is 2. The zero-order valence-corrected chi connectivity index (χ0v) is 14.8. The van der Waals surface area contributed by atoms with Crippen LogP contribution in [0.25, 0.3) is 0 Å². The molecule has 6 heteroatoms. The highest BCUT2D eigenvalue weighted by molar-refractivity contribution is 5.78. The van der Waals surface area contributed by atoms with Gasteiger partial charge in [-0.3, -0.25) is 14.5 Å².